The number of nitrogens with zero attached hydrogens (tertiary/aromatic N) is 1. The summed E-state index contributed by atoms with van der Waals surface area (Å²) in [4.78, 5) is 14.9. The molecule has 108 valence electrons. The van der Waals surface area contributed by atoms with Gasteiger partial charge in [0.25, 0.3) is 5.91 Å². The molecule has 1 saturated carbocycles. The lowest BCUT2D eigenvalue weighted by atomic mass is 9.78. The van der Waals surface area contributed by atoms with Crippen molar-refractivity contribution in [2.45, 2.75) is 44.6 Å². The van der Waals surface area contributed by atoms with Gasteiger partial charge in [-0.15, -0.1) is 0 Å². The zero-order chi connectivity index (χ0) is 14.1. The average Bonchev–Trinajstić information content (AvgIpc) is 2.48. The molecule has 2 aliphatic rings. The molecule has 1 aliphatic heterocycles. The number of nitrogens with two attached hydrogens (primary N) is 1. The smallest absolute Gasteiger partial charge is 0.256 e. The highest BCUT2D eigenvalue weighted by Crippen LogP contribution is 2.36. The summed E-state index contributed by atoms with van der Waals surface area (Å²) in [5, 5.41) is 0. The Bertz CT molecular complexity index is 515. The molecule has 20 heavy (non-hydrogen) atoms. The molecule has 3 nitrogen and oxygen atoms in total. The third-order valence-corrected chi connectivity index (χ3v) is 5.24. The lowest BCUT2D eigenvalue weighted by Gasteiger charge is -2.44. The van der Waals surface area contributed by atoms with Gasteiger partial charge in [-0.1, -0.05) is 28.8 Å². The largest absolute Gasteiger partial charge is 0.398 e. The molecule has 2 atom stereocenters. The molecule has 2 fully saturated rings. The van der Waals surface area contributed by atoms with E-state index in [0.29, 0.717) is 23.2 Å². The maximum absolute atomic E-state index is 12.9. The van der Waals surface area contributed by atoms with Gasteiger partial charge in [-0.05, 0) is 49.8 Å². The number of carbonyl (C=O) groups is 1. The molecule has 3 rings (SSSR count). The van der Waals surface area contributed by atoms with Gasteiger partial charge in [0.15, 0.2) is 0 Å². The number of rotatable bonds is 1. The first-order valence-corrected chi connectivity index (χ1v) is 8.32. The Morgan fingerprint density at radius 3 is 2.80 bits per heavy atom. The van der Waals surface area contributed by atoms with E-state index in [0.717, 1.165) is 23.9 Å². The summed E-state index contributed by atoms with van der Waals surface area (Å²) in [6.45, 7) is 0.881. The highest BCUT2D eigenvalue weighted by Gasteiger charge is 2.36. The second kappa shape index (κ2) is 5.76. The first kappa shape index (κ1) is 13.9. The summed E-state index contributed by atoms with van der Waals surface area (Å²) < 4.78 is 0.909. The van der Waals surface area contributed by atoms with E-state index in [-0.39, 0.29) is 5.91 Å². The molecule has 0 bridgehead atoms. The van der Waals surface area contributed by atoms with E-state index in [2.05, 4.69) is 20.8 Å². The number of hydrogen-bond donors (Lipinski definition) is 1. The lowest BCUT2D eigenvalue weighted by Crippen LogP contribution is -2.49. The van der Waals surface area contributed by atoms with Gasteiger partial charge < -0.3 is 10.6 Å². The number of hydrogen-bond acceptors (Lipinski definition) is 2. The standard InChI is InChI=1S/C16H21BrN2O/c17-12-7-8-14(18)13(10-12)16(20)19-9-3-5-11-4-1-2-6-15(11)19/h7-8,10-11,15H,1-6,9,18H2. The Hall–Kier alpha value is -1.03. The Morgan fingerprint density at radius 1 is 1.20 bits per heavy atom. The predicted octanol–water partition coefficient (Wildman–Crippen LogP) is 3.83. The lowest BCUT2D eigenvalue weighted by molar-refractivity contribution is 0.0391. The second-order valence-electron chi connectivity index (χ2n) is 5.98. The molecule has 1 saturated heterocycles. The monoisotopic (exact) mass is 336 g/mol. The van der Waals surface area contributed by atoms with E-state index in [4.69, 9.17) is 5.73 Å². The van der Waals surface area contributed by atoms with Gasteiger partial charge >= 0.3 is 0 Å². The van der Waals surface area contributed by atoms with E-state index in [1.54, 1.807) is 6.07 Å². The van der Waals surface area contributed by atoms with E-state index >= 15 is 0 Å². The number of fused-ring (bicyclic) bond motifs is 1. The van der Waals surface area contributed by atoms with Crippen LogP contribution < -0.4 is 5.73 Å². The van der Waals surface area contributed by atoms with Crippen molar-refractivity contribution in [1.82, 2.24) is 4.90 Å². The van der Waals surface area contributed by atoms with Crippen molar-refractivity contribution in [3.8, 4) is 0 Å². The topological polar surface area (TPSA) is 46.3 Å². The summed E-state index contributed by atoms with van der Waals surface area (Å²) in [5.74, 6) is 0.815. The maximum Gasteiger partial charge on any atom is 0.256 e. The zero-order valence-corrected chi connectivity index (χ0v) is 13.2. The average molecular weight is 337 g/mol. The molecule has 2 N–H and O–H groups in total. The van der Waals surface area contributed by atoms with Crippen molar-refractivity contribution in [2.24, 2.45) is 5.92 Å². The first-order valence-electron chi connectivity index (χ1n) is 7.53. The number of amides is 1. The SMILES string of the molecule is Nc1ccc(Br)cc1C(=O)N1CCCC2CCCCC21. The number of piperidine rings is 1. The van der Waals surface area contributed by atoms with Gasteiger partial charge in [-0.2, -0.15) is 0 Å². The van der Waals surface area contributed by atoms with Gasteiger partial charge in [-0.3, -0.25) is 4.79 Å². The number of anilines is 1. The van der Waals surface area contributed by atoms with Crippen LogP contribution in [0.25, 0.3) is 0 Å². The third-order valence-electron chi connectivity index (χ3n) is 4.75. The van der Waals surface area contributed by atoms with Gasteiger partial charge in [0.1, 0.15) is 0 Å². The predicted molar refractivity (Wildman–Crippen MR) is 84.6 cm³/mol. The Morgan fingerprint density at radius 2 is 1.95 bits per heavy atom. The molecule has 1 aliphatic carbocycles. The van der Waals surface area contributed by atoms with Crippen LogP contribution in [0.4, 0.5) is 5.69 Å². The van der Waals surface area contributed by atoms with Crippen LogP contribution in [0.3, 0.4) is 0 Å². The fraction of sp³-hybridized carbons (Fsp3) is 0.562. The summed E-state index contributed by atoms with van der Waals surface area (Å²) in [6.07, 6.45) is 7.41. The van der Waals surface area contributed by atoms with Gasteiger partial charge in [0, 0.05) is 22.7 Å². The van der Waals surface area contributed by atoms with Gasteiger partial charge in [0.05, 0.1) is 5.56 Å². The van der Waals surface area contributed by atoms with Crippen molar-refractivity contribution < 1.29 is 4.79 Å². The minimum Gasteiger partial charge on any atom is -0.398 e. The second-order valence-corrected chi connectivity index (χ2v) is 6.90. The first-order chi connectivity index (χ1) is 9.66. The Balaban J connectivity index is 1.87. The molecule has 2 unspecified atom stereocenters. The van der Waals surface area contributed by atoms with Gasteiger partial charge in [-0.25, -0.2) is 0 Å². The van der Waals surface area contributed by atoms with Crippen LogP contribution in [-0.4, -0.2) is 23.4 Å². The Kier molecular flexibility index (Phi) is 4.01. The van der Waals surface area contributed by atoms with Crippen LogP contribution in [0, 0.1) is 5.92 Å². The van der Waals surface area contributed by atoms with Crippen LogP contribution in [0.1, 0.15) is 48.9 Å². The summed E-state index contributed by atoms with van der Waals surface area (Å²) >= 11 is 3.43. The van der Waals surface area contributed by atoms with E-state index in [1.165, 1.54) is 25.7 Å². The molecular weight excluding hydrogens is 316 g/mol. The van der Waals surface area contributed by atoms with Crippen LogP contribution in [0.5, 0.6) is 0 Å². The molecule has 1 amide bonds. The minimum absolute atomic E-state index is 0.111. The molecular formula is C16H21BrN2O. The van der Waals surface area contributed by atoms with Crippen molar-refractivity contribution in [3.05, 3.63) is 28.2 Å². The molecule has 1 aromatic rings. The summed E-state index contributed by atoms with van der Waals surface area (Å²) in [5.41, 5.74) is 7.22. The number of halogens is 1. The van der Waals surface area contributed by atoms with Crippen molar-refractivity contribution in [1.29, 1.82) is 0 Å². The summed E-state index contributed by atoms with van der Waals surface area (Å²) in [6, 6.07) is 5.97. The fourth-order valence-electron chi connectivity index (χ4n) is 3.75. The number of benzene rings is 1. The Labute approximate surface area is 128 Å². The quantitative estimate of drug-likeness (QED) is 0.792. The highest BCUT2D eigenvalue weighted by atomic mass is 79.9. The number of carbonyl (C=O) groups excluding carboxylic acids is 1. The van der Waals surface area contributed by atoms with Crippen LogP contribution >= 0.6 is 15.9 Å². The van der Waals surface area contributed by atoms with Crippen LogP contribution in [0.15, 0.2) is 22.7 Å². The zero-order valence-electron chi connectivity index (χ0n) is 11.6. The van der Waals surface area contributed by atoms with Crippen molar-refractivity contribution in [2.75, 3.05) is 12.3 Å². The number of likely N-dealkylation sites (tertiary alicyclic amines) is 1. The minimum atomic E-state index is 0.111. The number of nitrogen functional groups attached to an aromatic ring is 1. The molecule has 0 aromatic heterocycles. The molecule has 0 spiro atoms. The fourth-order valence-corrected chi connectivity index (χ4v) is 4.11. The normalized spacial score (nSPS) is 26.1. The summed E-state index contributed by atoms with van der Waals surface area (Å²) in [7, 11) is 0. The van der Waals surface area contributed by atoms with E-state index < -0.39 is 0 Å². The van der Waals surface area contributed by atoms with Crippen molar-refractivity contribution >= 4 is 27.5 Å². The molecule has 4 heteroatoms. The molecule has 1 aromatic carbocycles. The van der Waals surface area contributed by atoms with Crippen LogP contribution in [0.2, 0.25) is 0 Å². The molecule has 0 radical (unpaired) electrons. The van der Waals surface area contributed by atoms with Crippen LogP contribution in [-0.2, 0) is 0 Å². The van der Waals surface area contributed by atoms with Crippen molar-refractivity contribution in [3.63, 3.8) is 0 Å². The third kappa shape index (κ3) is 2.58. The maximum atomic E-state index is 12.9. The van der Waals surface area contributed by atoms with Gasteiger partial charge in [0.2, 0.25) is 0 Å². The van der Waals surface area contributed by atoms with E-state index in [1.807, 2.05) is 12.1 Å². The highest BCUT2D eigenvalue weighted by molar-refractivity contribution is 9.10. The van der Waals surface area contributed by atoms with E-state index in [9.17, 15) is 4.79 Å². The molecule has 1 heterocycles.